The number of Topliss-reactive ketones (excluding diaryl/α,β-unsaturated/α-hetero) is 5. The van der Waals surface area contributed by atoms with Crippen LogP contribution in [0.1, 0.15) is 166 Å². The van der Waals surface area contributed by atoms with Gasteiger partial charge in [-0.25, -0.2) is 0 Å². The Hall–Kier alpha value is -2.97. The van der Waals surface area contributed by atoms with Gasteiger partial charge in [-0.1, -0.05) is 88.0 Å². The first-order chi connectivity index (χ1) is 33.0. The van der Waals surface area contributed by atoms with Gasteiger partial charge in [0.15, 0.2) is 23.1 Å². The van der Waals surface area contributed by atoms with E-state index >= 15 is 0 Å². The van der Waals surface area contributed by atoms with E-state index in [1.54, 1.807) is 7.11 Å². The van der Waals surface area contributed by atoms with Crippen LogP contribution in [0, 0.1) is 21.7 Å². The molecule has 8 nitrogen and oxygen atoms in total. The number of hydrogen-bond donors (Lipinski definition) is 2. The third-order valence-corrected chi connectivity index (χ3v) is 19.1. The zero-order valence-corrected chi connectivity index (χ0v) is 45.5. The molecule has 4 aromatic carbocycles. The fraction of sp³-hybridized carbons (Fsp3) is 0.491. The number of carbonyl (C=O) groups is 5. The quantitative estimate of drug-likeness (QED) is 0.192. The molecule has 2 N–H and O–H groups in total. The maximum absolute atomic E-state index is 12.7. The lowest BCUT2D eigenvalue weighted by Crippen LogP contribution is -2.35. The molecule has 8 aliphatic carbocycles. The van der Waals surface area contributed by atoms with Gasteiger partial charge in [0.1, 0.15) is 5.78 Å². The first-order valence-corrected chi connectivity index (χ1v) is 27.9. The van der Waals surface area contributed by atoms with Gasteiger partial charge >= 0.3 is 0 Å². The Morgan fingerprint density at radius 1 is 0.420 bits per heavy atom. The first-order valence-electron chi connectivity index (χ1n) is 24.7. The molecule has 0 radical (unpaired) electrons. The van der Waals surface area contributed by atoms with Gasteiger partial charge in [-0.2, -0.15) is 0 Å². The second-order valence-corrected chi connectivity index (χ2v) is 24.9. The molecule has 0 unspecified atom stereocenters. The third-order valence-electron chi connectivity index (χ3n) is 17.1. The van der Waals surface area contributed by atoms with Crippen molar-refractivity contribution in [2.75, 3.05) is 7.11 Å². The standard InChI is InChI=1S/C15H17BrO2.2C14H15BrO2.C14H13BrO2/c1-18-12-4-6-15(7-5-12)9-10-2-3-11(16)8-13(10)14(15)17;3*15-10-2-1-9-8-14(13(17)12(9)7-10)5-3-11(16)4-6-14/h2-3,8,12H,4-7,9H2,1H3;2*1-2,7,11,16H,3-6,8H2;1-2,7H,3-6,8H2. The van der Waals surface area contributed by atoms with Crippen LogP contribution in [-0.4, -0.2) is 64.6 Å². The summed E-state index contributed by atoms with van der Waals surface area (Å²) in [4.78, 5) is 61.5. The normalized spacial score (nSPS) is 29.1. The predicted molar refractivity (Wildman–Crippen MR) is 280 cm³/mol. The number of fused-ring (bicyclic) bond motifs is 4. The molecule has 0 bridgehead atoms. The average Bonchev–Trinajstić information content (AvgIpc) is 3.97. The number of ether oxygens (including phenoxy) is 1. The van der Waals surface area contributed by atoms with Crippen LogP contribution in [0.4, 0.5) is 0 Å². The summed E-state index contributed by atoms with van der Waals surface area (Å²) in [6, 6.07) is 24.0. The number of ketones is 5. The summed E-state index contributed by atoms with van der Waals surface area (Å²) in [6.45, 7) is 0. The smallest absolute Gasteiger partial charge is 0.169 e. The van der Waals surface area contributed by atoms with Crippen molar-refractivity contribution in [3.05, 3.63) is 135 Å². The van der Waals surface area contributed by atoms with Crippen molar-refractivity contribution in [1.82, 2.24) is 0 Å². The lowest BCUT2D eigenvalue weighted by molar-refractivity contribution is -0.121. The SMILES string of the molecule is COC1CCC2(CC1)Cc1ccc(Br)cc1C2=O.O=C1CCC2(CC1)Cc1ccc(Br)cc1C2=O.O=C1c2cc(Br)ccc2CC12CCC(O)CC2.O=C1c2cc(Br)ccc2CC12CCC(O)CC2. The molecule has 0 amide bonds. The number of aliphatic hydroxyl groups is 2. The molecule has 8 aliphatic rings. The number of hydrogen-bond acceptors (Lipinski definition) is 8. The topological polar surface area (TPSA) is 135 Å². The van der Waals surface area contributed by atoms with Gasteiger partial charge in [0, 0.05) is 81.8 Å². The second-order valence-electron chi connectivity index (χ2n) is 21.3. The van der Waals surface area contributed by atoms with Crippen LogP contribution in [-0.2, 0) is 35.2 Å². The van der Waals surface area contributed by atoms with Crippen molar-refractivity contribution in [3.63, 3.8) is 0 Å². The largest absolute Gasteiger partial charge is 0.393 e. The van der Waals surface area contributed by atoms with E-state index in [0.717, 1.165) is 161 Å². The molecule has 0 aliphatic heterocycles. The number of aliphatic hydroxyl groups excluding tert-OH is 2. The molecular formula is C57H60Br4O8. The fourth-order valence-corrected chi connectivity index (χ4v) is 14.3. The highest BCUT2D eigenvalue weighted by atomic mass is 79.9. The highest BCUT2D eigenvalue weighted by Crippen LogP contribution is 2.51. The molecule has 0 saturated heterocycles. The van der Waals surface area contributed by atoms with E-state index in [-0.39, 0.29) is 39.7 Å². The Morgan fingerprint density at radius 2 is 0.681 bits per heavy atom. The molecular weight excluding hydrogens is 1130 g/mol. The Bertz CT molecular complexity index is 2580. The summed E-state index contributed by atoms with van der Waals surface area (Å²) in [6.07, 6.45) is 16.4. The molecule has 12 heteroatoms. The number of benzene rings is 4. The van der Waals surface area contributed by atoms with Crippen LogP contribution < -0.4 is 0 Å². The summed E-state index contributed by atoms with van der Waals surface area (Å²) in [5, 5.41) is 19.2. The number of carbonyl (C=O) groups excluding carboxylic acids is 5. The molecule has 4 aromatic rings. The van der Waals surface area contributed by atoms with Crippen molar-refractivity contribution in [2.24, 2.45) is 21.7 Å². The van der Waals surface area contributed by atoms with Gasteiger partial charge in [-0.3, -0.25) is 24.0 Å². The molecule has 4 saturated carbocycles. The lowest BCUT2D eigenvalue weighted by atomic mass is 9.70. The predicted octanol–water partition coefficient (Wildman–Crippen LogP) is 13.3. The zero-order valence-electron chi connectivity index (χ0n) is 39.2. The second kappa shape index (κ2) is 20.5. The molecule has 0 atom stereocenters. The highest BCUT2D eigenvalue weighted by molar-refractivity contribution is 9.11. The minimum absolute atomic E-state index is 0.127. The van der Waals surface area contributed by atoms with E-state index in [4.69, 9.17) is 4.74 Å². The van der Waals surface area contributed by atoms with E-state index in [1.165, 1.54) is 16.7 Å². The summed E-state index contributed by atoms with van der Waals surface area (Å²) in [7, 11) is 1.77. The van der Waals surface area contributed by atoms with Crippen molar-refractivity contribution < 1.29 is 38.9 Å². The highest BCUT2D eigenvalue weighted by Gasteiger charge is 2.50. The minimum Gasteiger partial charge on any atom is -0.393 e. The third kappa shape index (κ3) is 10.2. The molecule has 12 rings (SSSR count). The summed E-state index contributed by atoms with van der Waals surface area (Å²) < 4.78 is 9.30. The van der Waals surface area contributed by atoms with Crippen molar-refractivity contribution in [3.8, 4) is 0 Å². The van der Waals surface area contributed by atoms with Crippen LogP contribution in [0.5, 0.6) is 0 Å². The maximum Gasteiger partial charge on any atom is 0.169 e. The number of halogens is 4. The molecule has 0 heterocycles. The Balaban J connectivity index is 0.000000115. The van der Waals surface area contributed by atoms with Gasteiger partial charge in [-0.15, -0.1) is 0 Å². The maximum atomic E-state index is 12.7. The Morgan fingerprint density at radius 3 is 0.957 bits per heavy atom. The van der Waals surface area contributed by atoms with Crippen LogP contribution >= 0.6 is 63.7 Å². The van der Waals surface area contributed by atoms with Crippen LogP contribution in [0.2, 0.25) is 0 Å². The Labute approximate surface area is 439 Å². The Kier molecular flexibility index (Phi) is 15.1. The zero-order chi connectivity index (χ0) is 48.9. The fourth-order valence-electron chi connectivity index (χ4n) is 12.9. The summed E-state index contributed by atoms with van der Waals surface area (Å²) >= 11 is 13.7. The van der Waals surface area contributed by atoms with Gasteiger partial charge in [0.25, 0.3) is 0 Å². The van der Waals surface area contributed by atoms with Crippen molar-refractivity contribution in [2.45, 2.75) is 147 Å². The summed E-state index contributed by atoms with van der Waals surface area (Å²) in [5.41, 5.74) is 7.47. The van der Waals surface area contributed by atoms with Gasteiger partial charge in [0.05, 0.1) is 18.3 Å². The molecule has 0 aromatic heterocycles. The summed E-state index contributed by atoms with van der Waals surface area (Å²) in [5.74, 6) is 1.50. The van der Waals surface area contributed by atoms with E-state index in [0.29, 0.717) is 42.1 Å². The lowest BCUT2D eigenvalue weighted by Gasteiger charge is -2.35. The van der Waals surface area contributed by atoms with Gasteiger partial charge < -0.3 is 14.9 Å². The minimum atomic E-state index is -0.267. The van der Waals surface area contributed by atoms with E-state index in [1.807, 2.05) is 54.6 Å². The number of rotatable bonds is 1. The van der Waals surface area contributed by atoms with Crippen molar-refractivity contribution >= 4 is 92.6 Å². The van der Waals surface area contributed by atoms with E-state index in [2.05, 4.69) is 81.9 Å². The van der Waals surface area contributed by atoms with E-state index < -0.39 is 0 Å². The number of methoxy groups -OCH3 is 1. The van der Waals surface area contributed by atoms with Crippen molar-refractivity contribution in [1.29, 1.82) is 0 Å². The molecule has 4 spiro atoms. The molecule has 69 heavy (non-hydrogen) atoms. The monoisotopic (exact) mass is 1190 g/mol. The van der Waals surface area contributed by atoms with E-state index in [9.17, 15) is 34.2 Å². The molecule has 364 valence electrons. The molecule has 4 fully saturated rings. The van der Waals surface area contributed by atoms with Gasteiger partial charge in [-0.05, 0) is 186 Å². The first kappa shape index (κ1) is 51.0. The van der Waals surface area contributed by atoms with Crippen LogP contribution in [0.15, 0.2) is 90.7 Å². The van der Waals surface area contributed by atoms with Gasteiger partial charge in [0.2, 0.25) is 0 Å². The average molecular weight is 1190 g/mol. The van der Waals surface area contributed by atoms with Crippen LogP contribution in [0.3, 0.4) is 0 Å². The van der Waals surface area contributed by atoms with Crippen LogP contribution in [0.25, 0.3) is 0 Å².